The predicted molar refractivity (Wildman–Crippen MR) is 106 cm³/mol. The minimum absolute atomic E-state index is 0.0917. The third-order valence-corrected chi connectivity index (χ3v) is 4.61. The number of nitrogens with two attached hydrogens (primary N) is 1. The first-order valence-corrected chi connectivity index (χ1v) is 10.2. The molecule has 0 aliphatic heterocycles. The summed E-state index contributed by atoms with van der Waals surface area (Å²) < 4.78 is 0. The number of aliphatic carboxylic acids is 1. The number of thiol groups is 1. The molecule has 0 aromatic rings. The molecule has 0 aromatic heterocycles. The molecule has 5 unspecified atom stereocenters. The van der Waals surface area contributed by atoms with E-state index in [0.717, 1.165) is 0 Å². The first-order chi connectivity index (χ1) is 12.5. The lowest BCUT2D eigenvalue weighted by Gasteiger charge is -2.25. The molecule has 0 bridgehead atoms. The van der Waals surface area contributed by atoms with Crippen LogP contribution in [-0.4, -0.2) is 81.9 Å². The van der Waals surface area contributed by atoms with Gasteiger partial charge in [-0.25, -0.2) is 0 Å². The Morgan fingerprint density at radius 1 is 1.07 bits per heavy atom. The van der Waals surface area contributed by atoms with Gasteiger partial charge in [0.05, 0.1) is 12.1 Å². The van der Waals surface area contributed by atoms with E-state index in [4.69, 9.17) is 10.8 Å². The maximum atomic E-state index is 12.5. The van der Waals surface area contributed by atoms with Gasteiger partial charge in [-0.1, -0.05) is 0 Å². The Hall–Kier alpha value is -1.50. The molecule has 7 N–H and O–H groups in total. The first kappa shape index (κ1) is 25.5. The lowest BCUT2D eigenvalue weighted by atomic mass is 10.1. The zero-order valence-electron chi connectivity index (χ0n) is 15.5. The first-order valence-electron chi connectivity index (χ1n) is 8.22. The quantitative estimate of drug-likeness (QED) is 0.175. The molecule has 0 heterocycles. The molecule has 0 rings (SSSR count). The molecular weight excluding hydrogens is 396 g/mol. The number of carbonyl (C=O) groups is 4. The average molecular weight is 425 g/mol. The van der Waals surface area contributed by atoms with Crippen LogP contribution in [0.3, 0.4) is 0 Å². The summed E-state index contributed by atoms with van der Waals surface area (Å²) in [5.74, 6) is -2.72. The Morgan fingerprint density at radius 2 is 1.67 bits per heavy atom. The Balaban J connectivity index is 5.17. The standard InChI is InChI=1S/C15H28N4O6S2/c1-7(15(24)25)17-14(23)11(8(2)20)19-13(22)10(4-5-27-3)18-12(21)9(16)6-26/h7-11,20,26H,4-6,16H2,1-3H3,(H,17,23)(H,18,21)(H,19,22)(H,24,25). The number of rotatable bonds is 12. The van der Waals surface area contributed by atoms with Crippen molar-refractivity contribution >= 4 is 48.1 Å². The van der Waals surface area contributed by atoms with Crippen molar-refractivity contribution in [3.05, 3.63) is 0 Å². The van der Waals surface area contributed by atoms with Gasteiger partial charge in [0.15, 0.2) is 0 Å². The number of carboxylic acids is 1. The summed E-state index contributed by atoms with van der Waals surface area (Å²) in [4.78, 5) is 47.5. The molecular formula is C15H28N4O6S2. The van der Waals surface area contributed by atoms with Crippen molar-refractivity contribution in [1.82, 2.24) is 16.0 Å². The Kier molecular flexibility index (Phi) is 12.1. The normalized spacial score (nSPS) is 16.4. The number of amides is 3. The zero-order chi connectivity index (χ0) is 21.1. The van der Waals surface area contributed by atoms with Crippen LogP contribution in [-0.2, 0) is 19.2 Å². The summed E-state index contributed by atoms with van der Waals surface area (Å²) in [6.45, 7) is 2.53. The maximum absolute atomic E-state index is 12.5. The number of aliphatic hydroxyl groups is 1. The highest BCUT2D eigenvalue weighted by atomic mass is 32.2. The number of carboxylic acid groups (broad SMARTS) is 1. The number of nitrogens with one attached hydrogen (secondary N) is 3. The zero-order valence-corrected chi connectivity index (χ0v) is 17.2. The molecule has 27 heavy (non-hydrogen) atoms. The molecule has 0 fully saturated rings. The van der Waals surface area contributed by atoms with Gasteiger partial charge in [0.25, 0.3) is 0 Å². The third kappa shape index (κ3) is 9.31. The summed E-state index contributed by atoms with van der Waals surface area (Å²) in [6, 6.07) is -4.45. The van der Waals surface area contributed by atoms with E-state index in [0.29, 0.717) is 5.75 Å². The van der Waals surface area contributed by atoms with E-state index < -0.39 is 54.0 Å². The van der Waals surface area contributed by atoms with Crippen LogP contribution in [0.1, 0.15) is 20.3 Å². The molecule has 156 valence electrons. The molecule has 10 nitrogen and oxygen atoms in total. The summed E-state index contributed by atoms with van der Waals surface area (Å²) in [5.41, 5.74) is 5.59. The fourth-order valence-electron chi connectivity index (χ4n) is 1.89. The Labute approximate surface area is 167 Å². The van der Waals surface area contributed by atoms with E-state index in [9.17, 15) is 24.3 Å². The van der Waals surface area contributed by atoms with E-state index in [1.807, 2.05) is 6.26 Å². The molecule has 3 amide bonds. The second-order valence-electron chi connectivity index (χ2n) is 5.93. The molecule has 0 aliphatic rings. The van der Waals surface area contributed by atoms with E-state index in [1.54, 1.807) is 0 Å². The van der Waals surface area contributed by atoms with Gasteiger partial charge in [-0.15, -0.1) is 0 Å². The van der Waals surface area contributed by atoms with Crippen LogP contribution in [0.4, 0.5) is 0 Å². The van der Waals surface area contributed by atoms with Crippen molar-refractivity contribution in [1.29, 1.82) is 0 Å². The number of thioether (sulfide) groups is 1. The van der Waals surface area contributed by atoms with Gasteiger partial charge in [-0.05, 0) is 32.3 Å². The van der Waals surface area contributed by atoms with Gasteiger partial charge in [0.2, 0.25) is 17.7 Å². The van der Waals surface area contributed by atoms with Gasteiger partial charge in [-0.3, -0.25) is 19.2 Å². The summed E-state index contributed by atoms with van der Waals surface area (Å²) >= 11 is 5.39. The molecule has 5 atom stereocenters. The smallest absolute Gasteiger partial charge is 0.325 e. The predicted octanol–water partition coefficient (Wildman–Crippen LogP) is -2.06. The van der Waals surface area contributed by atoms with Gasteiger partial charge in [-0.2, -0.15) is 24.4 Å². The van der Waals surface area contributed by atoms with Gasteiger partial charge in [0.1, 0.15) is 18.1 Å². The van der Waals surface area contributed by atoms with E-state index >= 15 is 0 Å². The van der Waals surface area contributed by atoms with Crippen molar-refractivity contribution in [2.45, 2.75) is 50.5 Å². The Bertz CT molecular complexity index is 534. The van der Waals surface area contributed by atoms with E-state index in [-0.39, 0.29) is 12.2 Å². The van der Waals surface area contributed by atoms with Gasteiger partial charge >= 0.3 is 5.97 Å². The average Bonchev–Trinajstić information content (AvgIpc) is 2.61. The SMILES string of the molecule is CSCCC(NC(=O)C(N)CS)C(=O)NC(C(=O)NC(C)C(=O)O)C(C)O. The monoisotopic (exact) mass is 424 g/mol. The number of hydrogen-bond acceptors (Lipinski definition) is 8. The third-order valence-electron chi connectivity index (χ3n) is 3.57. The molecule has 0 spiro atoms. The molecule has 0 saturated heterocycles. The highest BCUT2D eigenvalue weighted by Crippen LogP contribution is 2.04. The minimum Gasteiger partial charge on any atom is -0.480 e. The van der Waals surface area contributed by atoms with Crippen LogP contribution < -0.4 is 21.7 Å². The van der Waals surface area contributed by atoms with Crippen molar-refractivity contribution in [3.8, 4) is 0 Å². The summed E-state index contributed by atoms with van der Waals surface area (Å²) in [7, 11) is 0. The largest absolute Gasteiger partial charge is 0.480 e. The lowest BCUT2D eigenvalue weighted by Crippen LogP contribution is -2.59. The van der Waals surface area contributed by atoms with E-state index in [2.05, 4.69) is 28.6 Å². The van der Waals surface area contributed by atoms with Crippen molar-refractivity contribution in [2.75, 3.05) is 17.8 Å². The van der Waals surface area contributed by atoms with Gasteiger partial charge in [0, 0.05) is 5.75 Å². The highest BCUT2D eigenvalue weighted by molar-refractivity contribution is 7.98. The van der Waals surface area contributed by atoms with Crippen molar-refractivity contribution < 1.29 is 29.4 Å². The van der Waals surface area contributed by atoms with Crippen LogP contribution in [0, 0.1) is 0 Å². The van der Waals surface area contributed by atoms with Crippen LogP contribution in [0.25, 0.3) is 0 Å². The van der Waals surface area contributed by atoms with Crippen molar-refractivity contribution in [2.24, 2.45) is 5.73 Å². The van der Waals surface area contributed by atoms with Crippen LogP contribution in [0.15, 0.2) is 0 Å². The van der Waals surface area contributed by atoms with Crippen LogP contribution >= 0.6 is 24.4 Å². The molecule has 0 saturated carbocycles. The number of aliphatic hydroxyl groups excluding tert-OH is 1. The molecule has 0 aromatic carbocycles. The molecule has 0 aliphatic carbocycles. The number of carbonyl (C=O) groups excluding carboxylic acids is 3. The Morgan fingerprint density at radius 3 is 2.11 bits per heavy atom. The second kappa shape index (κ2) is 12.8. The summed E-state index contributed by atoms with van der Waals surface area (Å²) in [6.07, 6.45) is 0.819. The van der Waals surface area contributed by atoms with Gasteiger partial charge < -0.3 is 31.9 Å². The fourth-order valence-corrected chi connectivity index (χ4v) is 2.53. The number of hydrogen-bond donors (Lipinski definition) is 7. The van der Waals surface area contributed by atoms with E-state index in [1.165, 1.54) is 25.6 Å². The maximum Gasteiger partial charge on any atom is 0.325 e. The second-order valence-corrected chi connectivity index (χ2v) is 7.28. The minimum atomic E-state index is -1.38. The molecule has 12 heteroatoms. The summed E-state index contributed by atoms with van der Waals surface area (Å²) in [5, 5.41) is 25.7. The molecule has 0 radical (unpaired) electrons. The fraction of sp³-hybridized carbons (Fsp3) is 0.733. The highest BCUT2D eigenvalue weighted by Gasteiger charge is 2.31. The van der Waals surface area contributed by atoms with Crippen LogP contribution in [0.5, 0.6) is 0 Å². The van der Waals surface area contributed by atoms with Crippen LogP contribution in [0.2, 0.25) is 0 Å². The van der Waals surface area contributed by atoms with Crippen molar-refractivity contribution in [3.63, 3.8) is 0 Å². The topological polar surface area (TPSA) is 171 Å². The lowest BCUT2D eigenvalue weighted by molar-refractivity contribution is -0.142.